The second-order valence-electron chi connectivity index (χ2n) is 7.67. The van der Waals surface area contributed by atoms with Gasteiger partial charge in [-0.2, -0.15) is 4.31 Å². The average Bonchev–Trinajstić information content (AvgIpc) is 3.41. The molecule has 9 heteroatoms. The van der Waals surface area contributed by atoms with E-state index in [1.165, 1.54) is 28.6 Å². The van der Waals surface area contributed by atoms with Crippen molar-refractivity contribution in [1.29, 1.82) is 0 Å². The molecule has 0 unspecified atom stereocenters. The van der Waals surface area contributed by atoms with Crippen molar-refractivity contribution in [1.82, 2.24) is 4.31 Å². The molecule has 34 heavy (non-hydrogen) atoms. The van der Waals surface area contributed by atoms with Gasteiger partial charge in [-0.1, -0.05) is 30.3 Å². The minimum absolute atomic E-state index is 0.124. The Morgan fingerprint density at radius 3 is 2.21 bits per heavy atom. The van der Waals surface area contributed by atoms with Gasteiger partial charge in [-0.15, -0.1) is 0 Å². The second kappa shape index (κ2) is 10.5. The zero-order valence-electron chi connectivity index (χ0n) is 18.3. The third-order valence-corrected chi connectivity index (χ3v) is 7.17. The number of para-hydroxylation sites is 3. The maximum atomic E-state index is 12.6. The van der Waals surface area contributed by atoms with Gasteiger partial charge in [0.05, 0.1) is 16.1 Å². The van der Waals surface area contributed by atoms with Gasteiger partial charge in [0.2, 0.25) is 10.0 Å². The number of carbonyl (C=O) groups is 2. The topological polar surface area (TPSA) is 102 Å². The number of rotatable bonds is 8. The van der Waals surface area contributed by atoms with E-state index in [-0.39, 0.29) is 10.5 Å². The lowest BCUT2D eigenvalue weighted by molar-refractivity contribution is -0.119. The highest BCUT2D eigenvalue weighted by Gasteiger charge is 2.27. The number of anilines is 1. The van der Waals surface area contributed by atoms with Gasteiger partial charge < -0.3 is 14.8 Å². The van der Waals surface area contributed by atoms with Crippen molar-refractivity contribution < 1.29 is 27.5 Å². The summed E-state index contributed by atoms with van der Waals surface area (Å²) in [6.45, 7) is 0.494. The van der Waals surface area contributed by atoms with Crippen LogP contribution in [0.1, 0.15) is 23.2 Å². The molecule has 3 aromatic carbocycles. The Morgan fingerprint density at radius 1 is 0.853 bits per heavy atom. The number of esters is 1. The summed E-state index contributed by atoms with van der Waals surface area (Å²) in [6, 6.07) is 21.6. The highest BCUT2D eigenvalue weighted by atomic mass is 32.2. The monoisotopic (exact) mass is 480 g/mol. The Morgan fingerprint density at radius 2 is 1.50 bits per heavy atom. The van der Waals surface area contributed by atoms with Crippen LogP contribution < -0.4 is 10.1 Å². The molecule has 1 aliphatic heterocycles. The number of carbonyl (C=O) groups excluding carboxylic acids is 2. The zero-order chi connectivity index (χ0) is 24.0. The summed E-state index contributed by atoms with van der Waals surface area (Å²) in [5.41, 5.74) is 0.588. The number of benzene rings is 3. The number of hydrogen-bond donors (Lipinski definition) is 1. The summed E-state index contributed by atoms with van der Waals surface area (Å²) in [6.07, 6.45) is 1.68. The Balaban J connectivity index is 1.33. The van der Waals surface area contributed by atoms with E-state index in [1.54, 1.807) is 36.4 Å². The number of sulfonamides is 1. The highest BCUT2D eigenvalue weighted by Crippen LogP contribution is 2.29. The second-order valence-corrected chi connectivity index (χ2v) is 9.61. The smallest absolute Gasteiger partial charge is 0.338 e. The summed E-state index contributed by atoms with van der Waals surface area (Å²) < 4.78 is 37.5. The van der Waals surface area contributed by atoms with Crippen molar-refractivity contribution in [2.24, 2.45) is 0 Å². The van der Waals surface area contributed by atoms with E-state index in [4.69, 9.17) is 9.47 Å². The van der Waals surface area contributed by atoms with E-state index >= 15 is 0 Å². The van der Waals surface area contributed by atoms with E-state index in [0.717, 1.165) is 12.8 Å². The molecule has 176 valence electrons. The quantitative estimate of drug-likeness (QED) is 0.488. The van der Waals surface area contributed by atoms with Crippen LogP contribution in [-0.4, -0.2) is 44.3 Å². The lowest BCUT2D eigenvalue weighted by Crippen LogP contribution is -2.27. The fourth-order valence-corrected chi connectivity index (χ4v) is 5.03. The first-order valence-electron chi connectivity index (χ1n) is 10.8. The summed E-state index contributed by atoms with van der Waals surface area (Å²) in [5.74, 6) is -0.200. The van der Waals surface area contributed by atoms with E-state index in [0.29, 0.717) is 30.3 Å². The number of nitrogens with one attached hydrogen (secondary N) is 1. The molecule has 0 aromatic heterocycles. The maximum absolute atomic E-state index is 12.6. The van der Waals surface area contributed by atoms with Crippen LogP contribution in [0.5, 0.6) is 11.5 Å². The summed E-state index contributed by atoms with van der Waals surface area (Å²) in [7, 11) is -3.56. The predicted octanol–water partition coefficient (Wildman–Crippen LogP) is 4.06. The van der Waals surface area contributed by atoms with Crippen molar-refractivity contribution in [2.45, 2.75) is 17.7 Å². The molecule has 0 atom stereocenters. The molecule has 0 spiro atoms. The van der Waals surface area contributed by atoms with Crippen molar-refractivity contribution in [3.63, 3.8) is 0 Å². The fourth-order valence-electron chi connectivity index (χ4n) is 3.52. The molecule has 1 saturated heterocycles. The van der Waals surface area contributed by atoms with Crippen LogP contribution in [0.15, 0.2) is 83.8 Å². The molecule has 1 N–H and O–H groups in total. The Kier molecular flexibility index (Phi) is 7.24. The Hall–Kier alpha value is -3.69. The van der Waals surface area contributed by atoms with Gasteiger partial charge >= 0.3 is 5.97 Å². The van der Waals surface area contributed by atoms with Crippen LogP contribution in [0.25, 0.3) is 0 Å². The molecule has 3 aromatic rings. The third-order valence-electron chi connectivity index (χ3n) is 5.26. The van der Waals surface area contributed by atoms with Crippen molar-refractivity contribution >= 4 is 27.6 Å². The van der Waals surface area contributed by atoms with Crippen LogP contribution in [0.2, 0.25) is 0 Å². The maximum Gasteiger partial charge on any atom is 0.338 e. The van der Waals surface area contributed by atoms with E-state index < -0.39 is 28.5 Å². The van der Waals surface area contributed by atoms with Crippen molar-refractivity contribution in [3.05, 3.63) is 84.4 Å². The van der Waals surface area contributed by atoms with E-state index in [2.05, 4.69) is 5.32 Å². The number of ether oxygens (including phenoxy) is 2. The Labute approximate surface area is 198 Å². The van der Waals surface area contributed by atoms with Crippen LogP contribution in [0.4, 0.5) is 5.69 Å². The van der Waals surface area contributed by atoms with Crippen LogP contribution >= 0.6 is 0 Å². The van der Waals surface area contributed by atoms with Crippen molar-refractivity contribution in [2.75, 3.05) is 25.0 Å². The zero-order valence-corrected chi connectivity index (χ0v) is 19.2. The predicted molar refractivity (Wildman–Crippen MR) is 126 cm³/mol. The van der Waals surface area contributed by atoms with Crippen LogP contribution in [0.3, 0.4) is 0 Å². The first-order valence-corrected chi connectivity index (χ1v) is 12.3. The van der Waals surface area contributed by atoms with Gasteiger partial charge in [-0.3, -0.25) is 4.79 Å². The molecule has 0 radical (unpaired) electrons. The molecule has 1 amide bonds. The van der Waals surface area contributed by atoms with Gasteiger partial charge in [0.15, 0.2) is 12.4 Å². The summed E-state index contributed by atoms with van der Waals surface area (Å²) in [4.78, 5) is 24.8. The minimum Gasteiger partial charge on any atom is -0.455 e. The molecule has 1 aliphatic rings. The van der Waals surface area contributed by atoms with Crippen LogP contribution in [-0.2, 0) is 19.6 Å². The van der Waals surface area contributed by atoms with Crippen molar-refractivity contribution in [3.8, 4) is 11.5 Å². The van der Waals surface area contributed by atoms with Gasteiger partial charge in [-0.05, 0) is 61.4 Å². The lowest BCUT2D eigenvalue weighted by atomic mass is 10.2. The molecule has 0 aliphatic carbocycles. The van der Waals surface area contributed by atoms with E-state index in [1.807, 2.05) is 18.2 Å². The minimum atomic E-state index is -3.56. The van der Waals surface area contributed by atoms with Gasteiger partial charge in [0.1, 0.15) is 5.75 Å². The first kappa shape index (κ1) is 23.5. The average molecular weight is 481 g/mol. The van der Waals surface area contributed by atoms with Gasteiger partial charge in [0.25, 0.3) is 5.91 Å². The molecule has 4 rings (SSSR count). The number of hydrogen-bond acceptors (Lipinski definition) is 6. The highest BCUT2D eigenvalue weighted by molar-refractivity contribution is 7.89. The molecule has 8 nitrogen and oxygen atoms in total. The van der Waals surface area contributed by atoms with E-state index in [9.17, 15) is 18.0 Å². The molecule has 0 saturated carbocycles. The van der Waals surface area contributed by atoms with Gasteiger partial charge in [0, 0.05) is 13.1 Å². The molecular formula is C25H24N2O6S. The molecule has 1 fully saturated rings. The van der Waals surface area contributed by atoms with Crippen LogP contribution in [0, 0.1) is 0 Å². The third kappa shape index (κ3) is 5.62. The number of nitrogens with zero attached hydrogens (tertiary/aromatic N) is 1. The number of amides is 1. The molecular weight excluding hydrogens is 456 g/mol. The largest absolute Gasteiger partial charge is 0.455 e. The Bertz CT molecular complexity index is 1250. The summed E-state index contributed by atoms with van der Waals surface area (Å²) in [5, 5.41) is 2.67. The molecule has 0 bridgehead atoms. The fraction of sp³-hybridized carbons (Fsp3) is 0.200. The van der Waals surface area contributed by atoms with Gasteiger partial charge in [-0.25, -0.2) is 13.2 Å². The molecule has 1 heterocycles. The lowest BCUT2D eigenvalue weighted by Gasteiger charge is -2.15. The SMILES string of the molecule is O=C(COC(=O)c1ccc(S(=O)(=O)N2CCCC2)cc1)Nc1ccccc1Oc1ccccc1. The summed E-state index contributed by atoms with van der Waals surface area (Å²) >= 11 is 0. The normalized spacial score (nSPS) is 13.9. The first-order chi connectivity index (χ1) is 16.4. The standard InChI is InChI=1S/C25H24N2O6S/c28-24(26-22-10-4-5-11-23(22)33-20-8-2-1-3-9-20)18-32-25(29)19-12-14-21(15-13-19)34(30,31)27-16-6-7-17-27/h1-5,8-15H,6-7,16-18H2,(H,26,28).